The van der Waals surface area contributed by atoms with Crippen LogP contribution in [0.25, 0.3) is 0 Å². The molecule has 0 saturated heterocycles. The van der Waals surface area contributed by atoms with Gasteiger partial charge < -0.3 is 19.7 Å². The van der Waals surface area contributed by atoms with Crippen LogP contribution in [0.1, 0.15) is 73.1 Å². The molecule has 0 aromatic heterocycles. The molecule has 0 saturated carbocycles. The monoisotopic (exact) mass is 516 g/mol. The number of ether oxygens (including phenoxy) is 2. The van der Waals surface area contributed by atoms with Gasteiger partial charge in [0, 0.05) is 23.8 Å². The second kappa shape index (κ2) is 19.5. The van der Waals surface area contributed by atoms with Crippen molar-refractivity contribution in [3.05, 3.63) is 70.4 Å². The normalized spacial score (nSPS) is 13.6. The number of hydrogen-bond donors (Lipinski definition) is 2. The van der Waals surface area contributed by atoms with Crippen LogP contribution in [-0.4, -0.2) is 47.3 Å². The molecule has 0 atom stereocenters. The Hall–Kier alpha value is -3.68. The van der Waals surface area contributed by atoms with Gasteiger partial charge in [0.05, 0.1) is 0 Å². The number of carboxylic acid groups (broad SMARTS) is 2. The van der Waals surface area contributed by atoms with E-state index in [-0.39, 0.29) is 18.8 Å². The number of carboxylic acids is 2. The Bertz CT molecular complexity index is 974. The SMILES string of the molecule is C/C(=C\CC/C(C)=C/COC(=O)/C=C/C(=O)O)CC/C=C(\C)CC/C=C(\C)COC(=O)/C(C)=C/C(=O)O. The number of carbonyl (C=O) groups excluding carboxylic acids is 2. The van der Waals surface area contributed by atoms with Crippen molar-refractivity contribution in [2.45, 2.75) is 73.1 Å². The molecular weight excluding hydrogens is 476 g/mol. The molecular formula is C29H40O8. The van der Waals surface area contributed by atoms with Gasteiger partial charge in [-0.15, -0.1) is 0 Å². The zero-order valence-corrected chi connectivity index (χ0v) is 22.5. The minimum atomic E-state index is -1.19. The largest absolute Gasteiger partial charge is 0.478 e. The van der Waals surface area contributed by atoms with Crippen LogP contribution in [0, 0.1) is 0 Å². The van der Waals surface area contributed by atoms with Gasteiger partial charge in [0.15, 0.2) is 0 Å². The lowest BCUT2D eigenvalue weighted by molar-refractivity contribution is -0.139. The van der Waals surface area contributed by atoms with Crippen molar-refractivity contribution in [3.8, 4) is 0 Å². The van der Waals surface area contributed by atoms with Crippen LogP contribution in [0.4, 0.5) is 0 Å². The summed E-state index contributed by atoms with van der Waals surface area (Å²) in [7, 11) is 0. The van der Waals surface area contributed by atoms with E-state index in [1.807, 2.05) is 26.0 Å². The molecule has 0 aromatic carbocycles. The van der Waals surface area contributed by atoms with Crippen molar-refractivity contribution in [2.75, 3.05) is 13.2 Å². The predicted octanol–water partition coefficient (Wildman–Crippen LogP) is 5.87. The van der Waals surface area contributed by atoms with E-state index in [4.69, 9.17) is 19.7 Å². The molecule has 2 N–H and O–H groups in total. The molecule has 0 heterocycles. The first-order valence-corrected chi connectivity index (χ1v) is 12.2. The maximum Gasteiger partial charge on any atom is 0.334 e. The Morgan fingerprint density at radius 2 is 1.11 bits per heavy atom. The van der Waals surface area contributed by atoms with Crippen LogP contribution in [0.5, 0.6) is 0 Å². The zero-order valence-electron chi connectivity index (χ0n) is 22.5. The van der Waals surface area contributed by atoms with Crippen LogP contribution in [-0.2, 0) is 28.7 Å². The molecule has 0 fully saturated rings. The molecule has 0 radical (unpaired) electrons. The summed E-state index contributed by atoms with van der Waals surface area (Å²) >= 11 is 0. The highest BCUT2D eigenvalue weighted by atomic mass is 16.5. The van der Waals surface area contributed by atoms with Crippen molar-refractivity contribution in [1.29, 1.82) is 0 Å². The topological polar surface area (TPSA) is 127 Å². The fraction of sp³-hybridized carbons (Fsp3) is 0.448. The molecule has 0 amide bonds. The molecule has 204 valence electrons. The third kappa shape index (κ3) is 20.2. The summed E-state index contributed by atoms with van der Waals surface area (Å²) < 4.78 is 10.0. The highest BCUT2D eigenvalue weighted by molar-refractivity contribution is 5.95. The molecule has 0 aliphatic heterocycles. The van der Waals surface area contributed by atoms with Gasteiger partial charge in [-0.05, 0) is 84.8 Å². The third-order valence-corrected chi connectivity index (χ3v) is 5.21. The molecule has 0 bridgehead atoms. The Morgan fingerprint density at radius 3 is 1.59 bits per heavy atom. The van der Waals surface area contributed by atoms with Crippen molar-refractivity contribution in [1.82, 2.24) is 0 Å². The van der Waals surface area contributed by atoms with Gasteiger partial charge in [0.25, 0.3) is 0 Å². The molecule has 0 aromatic rings. The Morgan fingerprint density at radius 1 is 0.622 bits per heavy atom. The van der Waals surface area contributed by atoms with Gasteiger partial charge in [-0.1, -0.05) is 34.9 Å². The van der Waals surface area contributed by atoms with Gasteiger partial charge in [0.1, 0.15) is 13.2 Å². The number of carbonyl (C=O) groups is 4. The van der Waals surface area contributed by atoms with Crippen LogP contribution < -0.4 is 0 Å². The first kappa shape index (κ1) is 33.3. The fourth-order valence-electron chi connectivity index (χ4n) is 2.99. The molecule has 0 spiro atoms. The molecule has 8 nitrogen and oxygen atoms in total. The van der Waals surface area contributed by atoms with Gasteiger partial charge in [-0.2, -0.15) is 0 Å². The van der Waals surface area contributed by atoms with E-state index in [1.165, 1.54) is 18.1 Å². The Labute approximate surface area is 219 Å². The van der Waals surface area contributed by atoms with E-state index in [1.54, 1.807) is 0 Å². The Kier molecular flexibility index (Phi) is 17.6. The number of allylic oxidation sites excluding steroid dienone is 6. The lowest BCUT2D eigenvalue weighted by Gasteiger charge is -2.05. The van der Waals surface area contributed by atoms with Crippen LogP contribution in [0.3, 0.4) is 0 Å². The highest BCUT2D eigenvalue weighted by Crippen LogP contribution is 2.14. The third-order valence-electron chi connectivity index (χ3n) is 5.21. The van der Waals surface area contributed by atoms with Gasteiger partial charge in [-0.3, -0.25) is 0 Å². The first-order chi connectivity index (χ1) is 17.4. The quantitative estimate of drug-likeness (QED) is 0.140. The van der Waals surface area contributed by atoms with Crippen LogP contribution >= 0.6 is 0 Å². The van der Waals surface area contributed by atoms with Crippen molar-refractivity contribution in [3.63, 3.8) is 0 Å². The molecule has 37 heavy (non-hydrogen) atoms. The van der Waals surface area contributed by atoms with Gasteiger partial charge >= 0.3 is 23.9 Å². The number of hydrogen-bond acceptors (Lipinski definition) is 6. The minimum absolute atomic E-state index is 0.0573. The summed E-state index contributed by atoms with van der Waals surface area (Å²) in [5.41, 5.74) is 4.68. The first-order valence-electron chi connectivity index (χ1n) is 12.2. The average Bonchev–Trinajstić information content (AvgIpc) is 2.80. The van der Waals surface area contributed by atoms with E-state index in [2.05, 4.69) is 26.0 Å². The maximum absolute atomic E-state index is 11.7. The minimum Gasteiger partial charge on any atom is -0.478 e. The average molecular weight is 517 g/mol. The van der Waals surface area contributed by atoms with Crippen molar-refractivity contribution < 1.29 is 38.9 Å². The smallest absolute Gasteiger partial charge is 0.334 e. The number of esters is 2. The predicted molar refractivity (Wildman–Crippen MR) is 143 cm³/mol. The summed E-state index contributed by atoms with van der Waals surface area (Å²) in [6, 6.07) is 0. The number of aliphatic carboxylic acids is 2. The van der Waals surface area contributed by atoms with E-state index in [0.29, 0.717) is 0 Å². The van der Waals surface area contributed by atoms with Crippen molar-refractivity contribution in [2.24, 2.45) is 0 Å². The number of rotatable bonds is 17. The van der Waals surface area contributed by atoms with Gasteiger partial charge in [-0.25, -0.2) is 19.2 Å². The second-order valence-corrected chi connectivity index (χ2v) is 8.86. The molecule has 0 rings (SSSR count). The van der Waals surface area contributed by atoms with E-state index >= 15 is 0 Å². The Balaban J connectivity index is 4.24. The zero-order chi connectivity index (χ0) is 28.2. The molecule has 8 heteroatoms. The lowest BCUT2D eigenvalue weighted by atomic mass is 10.0. The summed E-state index contributed by atoms with van der Waals surface area (Å²) in [5, 5.41) is 17.1. The van der Waals surface area contributed by atoms with E-state index in [0.717, 1.165) is 67.9 Å². The second-order valence-electron chi connectivity index (χ2n) is 8.86. The summed E-state index contributed by atoms with van der Waals surface area (Å²) in [4.78, 5) is 44.0. The van der Waals surface area contributed by atoms with E-state index < -0.39 is 23.9 Å². The molecule has 0 aliphatic carbocycles. The van der Waals surface area contributed by atoms with Crippen LogP contribution in [0.15, 0.2) is 70.4 Å². The highest BCUT2D eigenvalue weighted by Gasteiger charge is 2.07. The van der Waals surface area contributed by atoms with Gasteiger partial charge in [0.2, 0.25) is 0 Å². The summed E-state index contributed by atoms with van der Waals surface area (Å²) in [6.07, 6.45) is 16.2. The summed E-state index contributed by atoms with van der Waals surface area (Å²) in [6.45, 7) is 9.72. The standard InChI is InChI=1S/C29H40O8/c1-21(11-7-13-23(3)17-18-36-28(34)16-15-26(30)31)9-6-10-22(2)12-8-14-24(4)20-37-29(35)25(5)19-27(32)33/h10-11,14-17,19H,6-9,12-13,18,20H2,1-5H3,(H,30,31)(H,32,33)/b16-15+,21-11+,22-10+,23-17+,24-14+,25-19+. The molecule has 0 aliphatic rings. The van der Waals surface area contributed by atoms with Crippen molar-refractivity contribution >= 4 is 23.9 Å². The molecule has 0 unspecified atom stereocenters. The van der Waals surface area contributed by atoms with Crippen LogP contribution in [0.2, 0.25) is 0 Å². The fourth-order valence-corrected chi connectivity index (χ4v) is 2.99. The summed E-state index contributed by atoms with van der Waals surface area (Å²) in [5.74, 6) is -3.68. The van der Waals surface area contributed by atoms with E-state index in [9.17, 15) is 19.2 Å². The maximum atomic E-state index is 11.7. The lowest BCUT2D eigenvalue weighted by Crippen LogP contribution is -2.09.